The summed E-state index contributed by atoms with van der Waals surface area (Å²) in [6, 6.07) is 3.37. The third-order valence-corrected chi connectivity index (χ3v) is 3.31. The van der Waals surface area contributed by atoms with Crippen LogP contribution in [-0.2, 0) is 4.74 Å². The molecular weight excluding hydrogens is 258 g/mol. The van der Waals surface area contributed by atoms with Crippen molar-refractivity contribution in [3.63, 3.8) is 0 Å². The fourth-order valence-corrected chi connectivity index (χ4v) is 2.07. The van der Waals surface area contributed by atoms with Gasteiger partial charge in [-0.3, -0.25) is 9.69 Å². The van der Waals surface area contributed by atoms with E-state index in [-0.39, 0.29) is 12.0 Å². The Labute approximate surface area is 118 Å². The van der Waals surface area contributed by atoms with E-state index in [0.717, 1.165) is 19.6 Å². The molecule has 1 aromatic heterocycles. The minimum absolute atomic E-state index is 0.0391. The molecule has 1 aliphatic heterocycles. The average molecular weight is 279 g/mol. The molecule has 0 aliphatic carbocycles. The fraction of sp³-hybridized carbons (Fsp3) is 0.615. The lowest BCUT2D eigenvalue weighted by Gasteiger charge is -2.32. The summed E-state index contributed by atoms with van der Waals surface area (Å²) in [6.07, 6.45) is 0.0391. The Bertz CT molecular complexity index is 437. The summed E-state index contributed by atoms with van der Waals surface area (Å²) in [5.41, 5.74) is 0.312. The number of nitrogens with zero attached hydrogens (tertiary/aromatic N) is 3. The third kappa shape index (κ3) is 3.88. The number of morpholine rings is 1. The molecule has 1 amide bonds. The first-order chi connectivity index (χ1) is 9.72. The number of amides is 1. The van der Waals surface area contributed by atoms with Crippen LogP contribution >= 0.6 is 0 Å². The molecule has 1 atom stereocenters. The first-order valence-corrected chi connectivity index (χ1v) is 6.86. The molecule has 0 bridgehead atoms. The third-order valence-electron chi connectivity index (χ3n) is 3.31. The van der Waals surface area contributed by atoms with Crippen LogP contribution in [-0.4, -0.2) is 66.9 Å². The van der Waals surface area contributed by atoms with Gasteiger partial charge in [-0.05, 0) is 18.7 Å². The summed E-state index contributed by atoms with van der Waals surface area (Å²) < 4.78 is 5.63. The molecule has 7 nitrogen and oxygen atoms in total. The second kappa shape index (κ2) is 7.16. The first kappa shape index (κ1) is 14.7. The lowest BCUT2D eigenvalue weighted by Crippen LogP contribution is -2.47. The van der Waals surface area contributed by atoms with E-state index in [1.165, 1.54) is 0 Å². The van der Waals surface area contributed by atoms with Gasteiger partial charge in [0.1, 0.15) is 5.82 Å². The van der Waals surface area contributed by atoms with Crippen molar-refractivity contribution in [1.82, 2.24) is 20.4 Å². The number of ether oxygens (including phenoxy) is 1. The monoisotopic (exact) mass is 279 g/mol. The van der Waals surface area contributed by atoms with E-state index in [4.69, 9.17) is 4.74 Å². The molecule has 2 rings (SSSR count). The SMILES string of the molecule is CCN1CCOC(CNC(=O)c2ccc(NC)nn2)C1. The van der Waals surface area contributed by atoms with Crippen LogP contribution in [0.3, 0.4) is 0 Å². The van der Waals surface area contributed by atoms with Gasteiger partial charge in [0.05, 0.1) is 12.7 Å². The quantitative estimate of drug-likeness (QED) is 0.788. The highest BCUT2D eigenvalue weighted by Crippen LogP contribution is 2.04. The van der Waals surface area contributed by atoms with Gasteiger partial charge in [-0.2, -0.15) is 0 Å². The minimum Gasteiger partial charge on any atom is -0.374 e. The van der Waals surface area contributed by atoms with Crippen molar-refractivity contribution in [3.8, 4) is 0 Å². The number of likely N-dealkylation sites (N-methyl/N-ethyl adjacent to an activating group) is 1. The lowest BCUT2D eigenvalue weighted by molar-refractivity contribution is -0.0246. The smallest absolute Gasteiger partial charge is 0.271 e. The first-order valence-electron chi connectivity index (χ1n) is 6.86. The summed E-state index contributed by atoms with van der Waals surface area (Å²) >= 11 is 0. The van der Waals surface area contributed by atoms with E-state index in [0.29, 0.717) is 24.7 Å². The zero-order chi connectivity index (χ0) is 14.4. The van der Waals surface area contributed by atoms with Crippen molar-refractivity contribution in [3.05, 3.63) is 17.8 Å². The van der Waals surface area contributed by atoms with E-state index >= 15 is 0 Å². The maximum atomic E-state index is 11.9. The number of aromatic nitrogens is 2. The summed E-state index contributed by atoms with van der Waals surface area (Å²) in [5.74, 6) is 0.410. The molecule has 0 radical (unpaired) electrons. The van der Waals surface area contributed by atoms with Crippen molar-refractivity contribution in [2.75, 3.05) is 45.2 Å². The van der Waals surface area contributed by atoms with Crippen LogP contribution in [0.15, 0.2) is 12.1 Å². The van der Waals surface area contributed by atoms with Crippen LogP contribution in [0.1, 0.15) is 17.4 Å². The maximum Gasteiger partial charge on any atom is 0.271 e. The number of nitrogens with one attached hydrogen (secondary N) is 2. The van der Waals surface area contributed by atoms with Crippen LogP contribution in [0.25, 0.3) is 0 Å². The molecule has 1 unspecified atom stereocenters. The largest absolute Gasteiger partial charge is 0.374 e. The molecule has 7 heteroatoms. The molecule has 20 heavy (non-hydrogen) atoms. The Balaban J connectivity index is 1.82. The van der Waals surface area contributed by atoms with Gasteiger partial charge in [0.2, 0.25) is 0 Å². The Morgan fingerprint density at radius 1 is 1.50 bits per heavy atom. The zero-order valence-electron chi connectivity index (χ0n) is 11.9. The summed E-state index contributed by atoms with van der Waals surface area (Å²) in [7, 11) is 1.75. The van der Waals surface area contributed by atoms with Crippen LogP contribution in [0, 0.1) is 0 Å². The number of carbonyl (C=O) groups excluding carboxylic acids is 1. The van der Waals surface area contributed by atoms with E-state index < -0.39 is 0 Å². The number of hydrogen-bond acceptors (Lipinski definition) is 6. The molecule has 1 saturated heterocycles. The molecule has 0 saturated carbocycles. The summed E-state index contributed by atoms with van der Waals surface area (Å²) in [5, 5.41) is 13.4. The van der Waals surface area contributed by atoms with Gasteiger partial charge in [-0.15, -0.1) is 10.2 Å². The average Bonchev–Trinajstić information content (AvgIpc) is 2.53. The van der Waals surface area contributed by atoms with E-state index in [1.54, 1.807) is 19.2 Å². The Kier molecular flexibility index (Phi) is 5.25. The van der Waals surface area contributed by atoms with E-state index in [9.17, 15) is 4.79 Å². The van der Waals surface area contributed by atoms with Crippen LogP contribution in [0.2, 0.25) is 0 Å². The lowest BCUT2D eigenvalue weighted by atomic mass is 10.2. The maximum absolute atomic E-state index is 11.9. The van der Waals surface area contributed by atoms with E-state index in [1.807, 2.05) is 0 Å². The van der Waals surface area contributed by atoms with Crippen LogP contribution in [0.5, 0.6) is 0 Å². The van der Waals surface area contributed by atoms with Gasteiger partial charge in [-0.25, -0.2) is 0 Å². The molecule has 0 spiro atoms. The van der Waals surface area contributed by atoms with Crippen molar-refractivity contribution >= 4 is 11.7 Å². The minimum atomic E-state index is -0.225. The molecule has 1 aromatic rings. The standard InChI is InChI=1S/C13H21N5O2/c1-3-18-6-7-20-10(9-18)8-15-13(19)11-4-5-12(14-2)17-16-11/h4-5,10H,3,6-9H2,1-2H3,(H,14,17)(H,15,19). The number of anilines is 1. The molecule has 1 aliphatic rings. The Morgan fingerprint density at radius 2 is 2.35 bits per heavy atom. The summed E-state index contributed by atoms with van der Waals surface area (Å²) in [4.78, 5) is 14.2. The van der Waals surface area contributed by atoms with Crippen molar-refractivity contribution < 1.29 is 9.53 Å². The van der Waals surface area contributed by atoms with Gasteiger partial charge < -0.3 is 15.4 Å². The highest BCUT2D eigenvalue weighted by molar-refractivity contribution is 5.92. The van der Waals surface area contributed by atoms with Crippen LogP contribution in [0.4, 0.5) is 5.82 Å². The van der Waals surface area contributed by atoms with Crippen molar-refractivity contribution in [2.45, 2.75) is 13.0 Å². The molecule has 2 N–H and O–H groups in total. The topological polar surface area (TPSA) is 79.4 Å². The number of rotatable bonds is 5. The molecular formula is C13H21N5O2. The van der Waals surface area contributed by atoms with Gasteiger partial charge in [0.15, 0.2) is 5.69 Å². The molecule has 0 aromatic carbocycles. The Hall–Kier alpha value is -1.73. The zero-order valence-corrected chi connectivity index (χ0v) is 11.9. The normalized spacial score (nSPS) is 19.6. The fourth-order valence-electron chi connectivity index (χ4n) is 2.07. The predicted octanol–water partition coefficient (Wildman–Crippen LogP) is -0.0312. The number of carbonyl (C=O) groups is 1. The summed E-state index contributed by atoms with van der Waals surface area (Å²) in [6.45, 7) is 6.14. The highest BCUT2D eigenvalue weighted by Gasteiger charge is 2.20. The molecule has 1 fully saturated rings. The van der Waals surface area contributed by atoms with Crippen LogP contribution < -0.4 is 10.6 Å². The Morgan fingerprint density at radius 3 is 3.00 bits per heavy atom. The second-order valence-electron chi connectivity index (χ2n) is 4.65. The van der Waals surface area contributed by atoms with Gasteiger partial charge in [0, 0.05) is 26.7 Å². The second-order valence-corrected chi connectivity index (χ2v) is 4.65. The predicted molar refractivity (Wildman–Crippen MR) is 75.8 cm³/mol. The highest BCUT2D eigenvalue weighted by atomic mass is 16.5. The molecule has 2 heterocycles. The van der Waals surface area contributed by atoms with E-state index in [2.05, 4.69) is 32.7 Å². The number of hydrogen-bond donors (Lipinski definition) is 2. The van der Waals surface area contributed by atoms with Crippen molar-refractivity contribution in [2.24, 2.45) is 0 Å². The van der Waals surface area contributed by atoms with Gasteiger partial charge in [-0.1, -0.05) is 6.92 Å². The molecule has 110 valence electrons. The van der Waals surface area contributed by atoms with Gasteiger partial charge in [0.25, 0.3) is 5.91 Å². The van der Waals surface area contributed by atoms with Gasteiger partial charge >= 0.3 is 0 Å². The van der Waals surface area contributed by atoms with Crippen molar-refractivity contribution in [1.29, 1.82) is 0 Å².